The van der Waals surface area contributed by atoms with Gasteiger partial charge in [0, 0.05) is 18.4 Å². The van der Waals surface area contributed by atoms with E-state index in [1.54, 1.807) is 0 Å². The van der Waals surface area contributed by atoms with Gasteiger partial charge < -0.3 is 10.1 Å². The number of carbonyl (C=O) groups is 1. The third-order valence-electron chi connectivity index (χ3n) is 2.37. The summed E-state index contributed by atoms with van der Waals surface area (Å²) in [4.78, 5) is 11.2. The highest BCUT2D eigenvalue weighted by molar-refractivity contribution is 5.75. The largest absolute Gasteiger partial charge is 0.380 e. The predicted octanol–water partition coefficient (Wildman–Crippen LogP) is 1.33. The Morgan fingerprint density at radius 1 is 1.54 bits per heavy atom. The van der Waals surface area contributed by atoms with E-state index < -0.39 is 0 Å². The van der Waals surface area contributed by atoms with Crippen molar-refractivity contribution in [3.05, 3.63) is 0 Å². The number of hydrogen-bond acceptors (Lipinski definition) is 2. The third-order valence-corrected chi connectivity index (χ3v) is 2.37. The fraction of sp³-hybridized carbons (Fsp3) is 0.900. The zero-order valence-corrected chi connectivity index (χ0v) is 8.56. The lowest BCUT2D eigenvalue weighted by molar-refractivity contribution is -0.126. The van der Waals surface area contributed by atoms with Gasteiger partial charge in [-0.2, -0.15) is 0 Å². The van der Waals surface area contributed by atoms with Crippen LogP contribution in [0.3, 0.4) is 0 Å². The SMILES string of the molecule is CCCCC(=O)NCC1(C)COC1. The van der Waals surface area contributed by atoms with E-state index in [2.05, 4.69) is 19.2 Å². The first kappa shape index (κ1) is 10.5. The Morgan fingerprint density at radius 2 is 2.23 bits per heavy atom. The molecule has 1 heterocycles. The van der Waals surface area contributed by atoms with Crippen LogP contribution in [0.1, 0.15) is 33.1 Å². The number of ether oxygens (including phenoxy) is 1. The summed E-state index contributed by atoms with van der Waals surface area (Å²) in [5.41, 5.74) is 0.196. The Labute approximate surface area is 79.8 Å². The molecule has 1 rings (SSSR count). The summed E-state index contributed by atoms with van der Waals surface area (Å²) in [6, 6.07) is 0. The minimum Gasteiger partial charge on any atom is -0.380 e. The molecule has 0 atom stereocenters. The summed E-state index contributed by atoms with van der Waals surface area (Å²) in [5, 5.41) is 2.94. The van der Waals surface area contributed by atoms with Crippen LogP contribution >= 0.6 is 0 Å². The molecular weight excluding hydrogens is 166 g/mol. The zero-order chi connectivity index (χ0) is 9.73. The highest BCUT2D eigenvalue weighted by Gasteiger charge is 2.33. The molecule has 1 aliphatic heterocycles. The predicted molar refractivity (Wildman–Crippen MR) is 51.5 cm³/mol. The molecule has 3 nitrogen and oxygen atoms in total. The van der Waals surface area contributed by atoms with Gasteiger partial charge in [0.2, 0.25) is 5.91 Å². The topological polar surface area (TPSA) is 38.3 Å². The average molecular weight is 185 g/mol. The molecule has 0 aromatic heterocycles. The number of unbranched alkanes of at least 4 members (excludes halogenated alkanes) is 1. The summed E-state index contributed by atoms with van der Waals surface area (Å²) in [6.07, 6.45) is 2.72. The molecule has 0 bridgehead atoms. The molecule has 1 aliphatic rings. The van der Waals surface area contributed by atoms with Gasteiger partial charge in [-0.05, 0) is 6.42 Å². The lowest BCUT2D eigenvalue weighted by Crippen LogP contribution is -2.48. The highest BCUT2D eigenvalue weighted by Crippen LogP contribution is 2.24. The standard InChI is InChI=1S/C10H19NO2/c1-3-4-5-9(12)11-6-10(2)7-13-8-10/h3-8H2,1-2H3,(H,11,12). The van der Waals surface area contributed by atoms with Crippen LogP contribution in [0.2, 0.25) is 0 Å². The Bertz CT molecular complexity index is 176. The first-order valence-electron chi connectivity index (χ1n) is 5.01. The van der Waals surface area contributed by atoms with Crippen molar-refractivity contribution in [3.8, 4) is 0 Å². The van der Waals surface area contributed by atoms with Crippen molar-refractivity contribution in [2.75, 3.05) is 19.8 Å². The van der Waals surface area contributed by atoms with Crippen LogP contribution < -0.4 is 5.32 Å². The molecule has 76 valence electrons. The van der Waals surface area contributed by atoms with Crippen molar-refractivity contribution in [2.45, 2.75) is 33.1 Å². The van der Waals surface area contributed by atoms with Gasteiger partial charge >= 0.3 is 0 Å². The summed E-state index contributed by atoms with van der Waals surface area (Å²) >= 11 is 0. The Hall–Kier alpha value is -0.570. The minimum atomic E-state index is 0.176. The average Bonchev–Trinajstić information content (AvgIpc) is 2.08. The molecule has 0 saturated carbocycles. The molecule has 13 heavy (non-hydrogen) atoms. The van der Waals surface area contributed by atoms with E-state index in [1.165, 1.54) is 0 Å². The summed E-state index contributed by atoms with van der Waals surface area (Å²) in [7, 11) is 0. The van der Waals surface area contributed by atoms with E-state index in [9.17, 15) is 4.79 Å². The van der Waals surface area contributed by atoms with E-state index in [4.69, 9.17) is 4.74 Å². The van der Waals surface area contributed by atoms with E-state index in [1.807, 2.05) is 0 Å². The van der Waals surface area contributed by atoms with Crippen molar-refractivity contribution in [1.82, 2.24) is 5.32 Å². The van der Waals surface area contributed by atoms with Gasteiger partial charge in [-0.25, -0.2) is 0 Å². The number of rotatable bonds is 5. The van der Waals surface area contributed by atoms with Crippen molar-refractivity contribution in [1.29, 1.82) is 0 Å². The number of nitrogens with one attached hydrogen (secondary N) is 1. The molecule has 1 fully saturated rings. The van der Waals surface area contributed by atoms with Gasteiger partial charge in [-0.15, -0.1) is 0 Å². The summed E-state index contributed by atoms with van der Waals surface area (Å²) in [6.45, 7) is 6.54. The van der Waals surface area contributed by atoms with Crippen molar-refractivity contribution in [2.24, 2.45) is 5.41 Å². The van der Waals surface area contributed by atoms with Crippen LogP contribution in [0.25, 0.3) is 0 Å². The fourth-order valence-corrected chi connectivity index (χ4v) is 1.29. The molecule has 0 aromatic carbocycles. The Kier molecular flexibility index (Phi) is 3.72. The zero-order valence-electron chi connectivity index (χ0n) is 8.56. The molecule has 1 saturated heterocycles. The van der Waals surface area contributed by atoms with Gasteiger partial charge in [0.15, 0.2) is 0 Å². The first-order chi connectivity index (χ1) is 6.16. The molecule has 1 amide bonds. The minimum absolute atomic E-state index is 0.176. The van der Waals surface area contributed by atoms with Crippen LogP contribution in [0.4, 0.5) is 0 Å². The van der Waals surface area contributed by atoms with Gasteiger partial charge in [0.25, 0.3) is 0 Å². The van der Waals surface area contributed by atoms with Crippen LogP contribution in [-0.2, 0) is 9.53 Å². The maximum absolute atomic E-state index is 11.2. The first-order valence-corrected chi connectivity index (χ1v) is 5.01. The number of hydrogen-bond donors (Lipinski definition) is 1. The monoisotopic (exact) mass is 185 g/mol. The molecule has 0 aliphatic carbocycles. The van der Waals surface area contributed by atoms with Crippen molar-refractivity contribution in [3.63, 3.8) is 0 Å². The van der Waals surface area contributed by atoms with E-state index in [0.717, 1.165) is 32.6 Å². The maximum Gasteiger partial charge on any atom is 0.220 e. The van der Waals surface area contributed by atoms with Gasteiger partial charge in [0.05, 0.1) is 13.2 Å². The smallest absolute Gasteiger partial charge is 0.220 e. The lowest BCUT2D eigenvalue weighted by atomic mass is 9.89. The van der Waals surface area contributed by atoms with E-state index in [0.29, 0.717) is 6.42 Å². The maximum atomic E-state index is 11.2. The molecule has 0 unspecified atom stereocenters. The van der Waals surface area contributed by atoms with Crippen LogP contribution in [0, 0.1) is 5.41 Å². The van der Waals surface area contributed by atoms with Crippen LogP contribution in [0.15, 0.2) is 0 Å². The molecule has 3 heteroatoms. The van der Waals surface area contributed by atoms with Gasteiger partial charge in [0.1, 0.15) is 0 Å². The second kappa shape index (κ2) is 4.61. The Morgan fingerprint density at radius 3 is 2.69 bits per heavy atom. The van der Waals surface area contributed by atoms with Gasteiger partial charge in [-0.3, -0.25) is 4.79 Å². The second-order valence-corrected chi connectivity index (χ2v) is 4.18. The number of carbonyl (C=O) groups excluding carboxylic acids is 1. The summed E-state index contributed by atoms with van der Waals surface area (Å²) < 4.78 is 5.10. The van der Waals surface area contributed by atoms with Gasteiger partial charge in [-0.1, -0.05) is 20.3 Å². The van der Waals surface area contributed by atoms with Crippen LogP contribution in [0.5, 0.6) is 0 Å². The molecule has 0 radical (unpaired) electrons. The molecular formula is C10H19NO2. The Balaban J connectivity index is 2.07. The molecule has 0 spiro atoms. The molecule has 1 N–H and O–H groups in total. The summed E-state index contributed by atoms with van der Waals surface area (Å²) in [5.74, 6) is 0.176. The number of amides is 1. The highest BCUT2D eigenvalue weighted by atomic mass is 16.5. The third kappa shape index (κ3) is 3.35. The van der Waals surface area contributed by atoms with E-state index in [-0.39, 0.29) is 11.3 Å². The normalized spacial score (nSPS) is 19.2. The quantitative estimate of drug-likeness (QED) is 0.701. The molecule has 0 aromatic rings. The van der Waals surface area contributed by atoms with Crippen molar-refractivity contribution < 1.29 is 9.53 Å². The lowest BCUT2D eigenvalue weighted by Gasteiger charge is -2.38. The van der Waals surface area contributed by atoms with E-state index >= 15 is 0 Å². The second-order valence-electron chi connectivity index (χ2n) is 4.18. The van der Waals surface area contributed by atoms with Crippen LogP contribution in [-0.4, -0.2) is 25.7 Å². The van der Waals surface area contributed by atoms with Crippen molar-refractivity contribution >= 4 is 5.91 Å². The fourth-order valence-electron chi connectivity index (χ4n) is 1.29.